The smallest absolute Gasteiger partial charge is 0.269 e. The Morgan fingerprint density at radius 3 is 2.08 bits per heavy atom. The fourth-order valence-electron chi connectivity index (χ4n) is 2.07. The Bertz CT molecular complexity index is 822. The molecule has 0 aliphatic rings. The van der Waals surface area contributed by atoms with Gasteiger partial charge in [0.25, 0.3) is 11.8 Å². The third-order valence-corrected chi connectivity index (χ3v) is 3.68. The van der Waals surface area contributed by atoms with E-state index in [1.807, 2.05) is 19.1 Å². The summed E-state index contributed by atoms with van der Waals surface area (Å²) >= 11 is 5.01. The van der Waals surface area contributed by atoms with Crippen molar-refractivity contribution in [2.45, 2.75) is 6.92 Å². The molecular weight excluding hydrogens is 354 g/mol. The van der Waals surface area contributed by atoms with Gasteiger partial charge in [0, 0.05) is 11.1 Å². The first-order chi connectivity index (χ1) is 12.4. The van der Waals surface area contributed by atoms with Crippen molar-refractivity contribution in [2.75, 3.05) is 14.2 Å². The summed E-state index contributed by atoms with van der Waals surface area (Å²) in [5, 5.41) is 2.46. The fourth-order valence-corrected chi connectivity index (χ4v) is 2.22. The standard InChI is InChI=1S/C18H19N3O4S/c1-11-4-6-12(7-5-11)16(22)19-18(26)21-20-17(23)13-8-9-14(24-2)15(10-13)25-3/h4-10H,1-3H3,(H,20,23)(H2,19,21,22,26). The van der Waals surface area contributed by atoms with Crippen LogP contribution in [0.4, 0.5) is 0 Å². The molecule has 26 heavy (non-hydrogen) atoms. The van der Waals surface area contributed by atoms with E-state index >= 15 is 0 Å². The number of hydrazine groups is 1. The molecule has 0 unspecified atom stereocenters. The van der Waals surface area contributed by atoms with Gasteiger partial charge in [0.1, 0.15) is 0 Å². The first-order valence-electron chi connectivity index (χ1n) is 7.65. The number of hydrogen-bond donors (Lipinski definition) is 3. The SMILES string of the molecule is COc1ccc(C(=O)NNC(=S)NC(=O)c2ccc(C)cc2)cc1OC. The zero-order valence-electron chi connectivity index (χ0n) is 14.6. The highest BCUT2D eigenvalue weighted by Crippen LogP contribution is 2.27. The summed E-state index contributed by atoms with van der Waals surface area (Å²) in [5.74, 6) is 0.119. The largest absolute Gasteiger partial charge is 0.493 e. The highest BCUT2D eigenvalue weighted by atomic mass is 32.1. The highest BCUT2D eigenvalue weighted by Gasteiger charge is 2.12. The molecule has 0 saturated carbocycles. The molecule has 136 valence electrons. The molecule has 0 atom stereocenters. The number of methoxy groups -OCH3 is 2. The van der Waals surface area contributed by atoms with E-state index < -0.39 is 5.91 Å². The molecular formula is C18H19N3O4S. The lowest BCUT2D eigenvalue weighted by Gasteiger charge is -2.12. The molecule has 2 aromatic rings. The molecule has 0 heterocycles. The average Bonchev–Trinajstić information content (AvgIpc) is 2.65. The minimum Gasteiger partial charge on any atom is -0.493 e. The van der Waals surface area contributed by atoms with Crippen molar-refractivity contribution in [1.82, 2.24) is 16.2 Å². The topological polar surface area (TPSA) is 88.7 Å². The predicted octanol–water partition coefficient (Wildman–Crippen LogP) is 1.96. The second kappa shape index (κ2) is 8.82. The van der Waals surface area contributed by atoms with Gasteiger partial charge in [-0.15, -0.1) is 0 Å². The van der Waals surface area contributed by atoms with Gasteiger partial charge in [0.15, 0.2) is 16.6 Å². The maximum absolute atomic E-state index is 12.2. The van der Waals surface area contributed by atoms with Crippen LogP contribution in [0.5, 0.6) is 11.5 Å². The van der Waals surface area contributed by atoms with Crippen molar-refractivity contribution in [3.8, 4) is 11.5 Å². The van der Waals surface area contributed by atoms with Gasteiger partial charge in [-0.3, -0.25) is 25.8 Å². The molecule has 7 nitrogen and oxygen atoms in total. The van der Waals surface area contributed by atoms with Crippen LogP contribution in [0.2, 0.25) is 0 Å². The quantitative estimate of drug-likeness (QED) is 0.561. The van der Waals surface area contributed by atoms with Crippen LogP contribution in [0.25, 0.3) is 0 Å². The molecule has 0 aromatic heterocycles. The van der Waals surface area contributed by atoms with Crippen LogP contribution in [0, 0.1) is 6.92 Å². The van der Waals surface area contributed by atoms with Crippen LogP contribution >= 0.6 is 12.2 Å². The lowest BCUT2D eigenvalue weighted by Crippen LogP contribution is -2.48. The average molecular weight is 373 g/mol. The molecule has 8 heteroatoms. The fraction of sp³-hybridized carbons (Fsp3) is 0.167. The number of amides is 2. The number of hydrogen-bond acceptors (Lipinski definition) is 5. The van der Waals surface area contributed by atoms with Gasteiger partial charge >= 0.3 is 0 Å². The Morgan fingerprint density at radius 2 is 1.46 bits per heavy atom. The highest BCUT2D eigenvalue weighted by molar-refractivity contribution is 7.80. The van der Waals surface area contributed by atoms with Crippen LogP contribution < -0.4 is 25.6 Å². The maximum atomic E-state index is 12.2. The van der Waals surface area contributed by atoms with E-state index in [0.29, 0.717) is 22.6 Å². The van der Waals surface area contributed by atoms with Gasteiger partial charge in [0.2, 0.25) is 0 Å². The first-order valence-corrected chi connectivity index (χ1v) is 8.05. The van der Waals surface area contributed by atoms with Crippen LogP contribution in [0.3, 0.4) is 0 Å². The minimum atomic E-state index is -0.446. The van der Waals surface area contributed by atoms with Gasteiger partial charge in [-0.2, -0.15) is 0 Å². The molecule has 0 aliphatic carbocycles. The molecule has 0 fully saturated rings. The first kappa shape index (κ1) is 19.2. The summed E-state index contributed by atoms with van der Waals surface area (Å²) in [6.07, 6.45) is 0. The number of rotatable bonds is 4. The molecule has 0 aliphatic heterocycles. The van der Waals surface area contributed by atoms with E-state index in [1.165, 1.54) is 20.3 Å². The van der Waals surface area contributed by atoms with Crippen molar-refractivity contribution >= 4 is 29.1 Å². The summed E-state index contributed by atoms with van der Waals surface area (Å²) in [5.41, 5.74) is 6.74. The Balaban J connectivity index is 1.91. The summed E-state index contributed by atoms with van der Waals surface area (Å²) in [6, 6.07) is 11.8. The molecule has 0 radical (unpaired) electrons. The maximum Gasteiger partial charge on any atom is 0.269 e. The summed E-state index contributed by atoms with van der Waals surface area (Å²) in [4.78, 5) is 24.2. The monoisotopic (exact) mass is 373 g/mol. The molecule has 2 amide bonds. The minimum absolute atomic E-state index is 0.0237. The third kappa shape index (κ3) is 4.93. The van der Waals surface area contributed by atoms with Gasteiger partial charge in [-0.1, -0.05) is 17.7 Å². The molecule has 2 rings (SSSR count). The van der Waals surface area contributed by atoms with E-state index in [2.05, 4.69) is 16.2 Å². The van der Waals surface area contributed by atoms with E-state index in [0.717, 1.165) is 5.56 Å². The van der Waals surface area contributed by atoms with Crippen LogP contribution in [-0.4, -0.2) is 31.1 Å². The summed E-state index contributed by atoms with van der Waals surface area (Å²) in [7, 11) is 2.99. The van der Waals surface area contributed by atoms with Gasteiger partial charge < -0.3 is 9.47 Å². The number of ether oxygens (including phenoxy) is 2. The second-order valence-electron chi connectivity index (χ2n) is 5.30. The number of carbonyl (C=O) groups is 2. The number of aryl methyl sites for hydroxylation is 1. The van der Waals surface area contributed by atoms with Crippen LogP contribution in [0.1, 0.15) is 26.3 Å². The van der Waals surface area contributed by atoms with Crippen LogP contribution in [0.15, 0.2) is 42.5 Å². The van der Waals surface area contributed by atoms with Gasteiger partial charge in [-0.05, 0) is 49.5 Å². The van der Waals surface area contributed by atoms with Crippen molar-refractivity contribution < 1.29 is 19.1 Å². The number of carbonyl (C=O) groups excluding carboxylic acids is 2. The van der Waals surface area contributed by atoms with Crippen molar-refractivity contribution in [3.63, 3.8) is 0 Å². The van der Waals surface area contributed by atoms with Crippen LogP contribution in [-0.2, 0) is 0 Å². The van der Waals surface area contributed by atoms with Crippen molar-refractivity contribution in [2.24, 2.45) is 0 Å². The lowest BCUT2D eigenvalue weighted by atomic mass is 10.1. The van der Waals surface area contributed by atoms with E-state index in [-0.39, 0.29) is 11.0 Å². The summed E-state index contributed by atoms with van der Waals surface area (Å²) in [6.45, 7) is 1.93. The second-order valence-corrected chi connectivity index (χ2v) is 5.71. The molecule has 3 N–H and O–H groups in total. The normalized spacial score (nSPS) is 9.81. The Labute approximate surface area is 156 Å². The lowest BCUT2D eigenvalue weighted by molar-refractivity contribution is 0.0934. The zero-order chi connectivity index (χ0) is 19.1. The van der Waals surface area contributed by atoms with E-state index in [4.69, 9.17) is 21.7 Å². The Morgan fingerprint density at radius 1 is 0.846 bits per heavy atom. The number of benzene rings is 2. The Kier molecular flexibility index (Phi) is 6.51. The van der Waals surface area contributed by atoms with Gasteiger partial charge in [-0.25, -0.2) is 0 Å². The number of nitrogens with one attached hydrogen (secondary N) is 3. The molecule has 0 saturated heterocycles. The van der Waals surface area contributed by atoms with Gasteiger partial charge in [0.05, 0.1) is 14.2 Å². The van der Waals surface area contributed by atoms with Crippen molar-refractivity contribution in [1.29, 1.82) is 0 Å². The van der Waals surface area contributed by atoms with E-state index in [1.54, 1.807) is 24.3 Å². The molecule has 2 aromatic carbocycles. The van der Waals surface area contributed by atoms with E-state index in [9.17, 15) is 9.59 Å². The molecule has 0 bridgehead atoms. The number of thiocarbonyl (C=S) groups is 1. The zero-order valence-corrected chi connectivity index (χ0v) is 15.4. The predicted molar refractivity (Wildman–Crippen MR) is 101 cm³/mol. The third-order valence-electron chi connectivity index (χ3n) is 3.48. The Hall–Kier alpha value is -3.13. The molecule has 0 spiro atoms. The van der Waals surface area contributed by atoms with Crippen molar-refractivity contribution in [3.05, 3.63) is 59.2 Å². The summed E-state index contributed by atoms with van der Waals surface area (Å²) < 4.78 is 10.3.